The summed E-state index contributed by atoms with van der Waals surface area (Å²) in [6, 6.07) is 7.89. The van der Waals surface area contributed by atoms with E-state index in [9.17, 15) is 9.90 Å². The van der Waals surface area contributed by atoms with E-state index in [-0.39, 0.29) is 5.91 Å². The molecule has 0 unspecified atom stereocenters. The first kappa shape index (κ1) is 16.6. The third kappa shape index (κ3) is 2.57. The average molecular weight is 342 g/mol. The first-order valence-corrected chi connectivity index (χ1v) is 9.24. The lowest BCUT2D eigenvalue weighted by Crippen LogP contribution is -2.63. The van der Waals surface area contributed by atoms with Gasteiger partial charge in [0.1, 0.15) is 11.3 Å². The van der Waals surface area contributed by atoms with Gasteiger partial charge in [-0.3, -0.25) is 4.79 Å². The minimum Gasteiger partial charge on any atom is -0.461 e. The number of hydrogen-bond donors (Lipinski definition) is 3. The van der Waals surface area contributed by atoms with E-state index in [0.29, 0.717) is 19.4 Å². The molecule has 1 aromatic carbocycles. The van der Waals surface area contributed by atoms with Gasteiger partial charge in [-0.1, -0.05) is 24.6 Å². The number of nitrogens with one attached hydrogen (secondary N) is 2. The molecule has 1 saturated heterocycles. The lowest BCUT2D eigenvalue weighted by molar-refractivity contribution is -0.172. The second-order valence-corrected chi connectivity index (χ2v) is 7.53. The molecular formula is C20H26N2O3. The summed E-state index contributed by atoms with van der Waals surface area (Å²) >= 11 is 0. The molecule has 4 rings (SSSR count). The molecule has 0 atom stereocenters. The number of hydrogen-bond acceptors (Lipinski definition) is 4. The molecular weight excluding hydrogens is 316 g/mol. The Kier molecular flexibility index (Phi) is 4.08. The maximum Gasteiger partial charge on any atom is 0.229 e. The highest BCUT2D eigenvalue weighted by Gasteiger charge is 2.58. The summed E-state index contributed by atoms with van der Waals surface area (Å²) in [5, 5.41) is 18.6. The van der Waals surface area contributed by atoms with Crippen molar-refractivity contribution in [3.63, 3.8) is 0 Å². The van der Waals surface area contributed by atoms with Crippen LogP contribution in [0.15, 0.2) is 28.7 Å². The SMILES string of the molecule is Cc1oc2ccccc2c1CNC(=O)C1(C2(O)CCNCC2)CCC1. The van der Waals surface area contributed by atoms with Crippen molar-refractivity contribution in [3.8, 4) is 0 Å². The zero-order valence-electron chi connectivity index (χ0n) is 14.7. The third-order valence-corrected chi connectivity index (χ3v) is 6.29. The fraction of sp³-hybridized carbons (Fsp3) is 0.550. The van der Waals surface area contributed by atoms with E-state index in [2.05, 4.69) is 10.6 Å². The van der Waals surface area contributed by atoms with E-state index in [4.69, 9.17) is 4.42 Å². The maximum atomic E-state index is 13.1. The molecule has 1 amide bonds. The van der Waals surface area contributed by atoms with Crippen LogP contribution in [0.25, 0.3) is 11.0 Å². The van der Waals surface area contributed by atoms with Crippen molar-refractivity contribution in [2.75, 3.05) is 13.1 Å². The molecule has 1 aromatic heterocycles. The van der Waals surface area contributed by atoms with Crippen LogP contribution >= 0.6 is 0 Å². The van der Waals surface area contributed by atoms with Gasteiger partial charge >= 0.3 is 0 Å². The number of benzene rings is 1. The van der Waals surface area contributed by atoms with Gasteiger partial charge in [0.15, 0.2) is 0 Å². The molecule has 134 valence electrons. The lowest BCUT2D eigenvalue weighted by Gasteiger charge is -2.53. The summed E-state index contributed by atoms with van der Waals surface area (Å²) in [5.74, 6) is 0.831. The van der Waals surface area contributed by atoms with Crippen molar-refractivity contribution in [3.05, 3.63) is 35.6 Å². The molecule has 1 aliphatic carbocycles. The van der Waals surface area contributed by atoms with Gasteiger partial charge < -0.3 is 20.2 Å². The fourth-order valence-corrected chi connectivity index (χ4v) is 4.53. The van der Waals surface area contributed by atoms with Gasteiger partial charge in [0.25, 0.3) is 0 Å². The summed E-state index contributed by atoms with van der Waals surface area (Å²) < 4.78 is 5.78. The predicted octanol–water partition coefficient (Wildman–Crippen LogP) is 2.64. The molecule has 0 bridgehead atoms. The van der Waals surface area contributed by atoms with Crippen LogP contribution in [0, 0.1) is 12.3 Å². The monoisotopic (exact) mass is 342 g/mol. The van der Waals surface area contributed by atoms with Crippen molar-refractivity contribution in [1.82, 2.24) is 10.6 Å². The Morgan fingerprint density at radius 3 is 2.64 bits per heavy atom. The molecule has 0 radical (unpaired) electrons. The lowest BCUT2D eigenvalue weighted by atomic mass is 9.55. The van der Waals surface area contributed by atoms with E-state index < -0.39 is 11.0 Å². The van der Waals surface area contributed by atoms with Gasteiger partial charge in [0, 0.05) is 17.5 Å². The fourth-order valence-electron chi connectivity index (χ4n) is 4.53. The van der Waals surface area contributed by atoms with Gasteiger partial charge in [-0.2, -0.15) is 0 Å². The average Bonchev–Trinajstić information content (AvgIpc) is 2.87. The van der Waals surface area contributed by atoms with Crippen molar-refractivity contribution >= 4 is 16.9 Å². The van der Waals surface area contributed by atoms with Crippen LogP contribution in [0.1, 0.15) is 43.4 Å². The van der Waals surface area contributed by atoms with Crippen LogP contribution < -0.4 is 10.6 Å². The van der Waals surface area contributed by atoms with Crippen LogP contribution in [-0.4, -0.2) is 29.7 Å². The van der Waals surface area contributed by atoms with Crippen molar-refractivity contribution in [1.29, 1.82) is 0 Å². The van der Waals surface area contributed by atoms with E-state index in [0.717, 1.165) is 54.6 Å². The zero-order chi connectivity index (χ0) is 17.5. The zero-order valence-corrected chi connectivity index (χ0v) is 14.7. The number of rotatable bonds is 4. The second kappa shape index (κ2) is 6.15. The van der Waals surface area contributed by atoms with E-state index in [1.807, 2.05) is 31.2 Å². The normalized spacial score (nSPS) is 21.7. The Labute approximate surface area is 147 Å². The molecule has 1 saturated carbocycles. The van der Waals surface area contributed by atoms with Crippen LogP contribution in [0.3, 0.4) is 0 Å². The minimum absolute atomic E-state index is 0.00664. The number of piperidine rings is 1. The van der Waals surface area contributed by atoms with Gasteiger partial charge in [-0.05, 0) is 51.8 Å². The summed E-state index contributed by atoms with van der Waals surface area (Å²) in [6.07, 6.45) is 3.86. The number of carbonyl (C=O) groups is 1. The molecule has 5 nitrogen and oxygen atoms in total. The van der Waals surface area contributed by atoms with Crippen molar-refractivity contribution in [2.45, 2.75) is 51.2 Å². The van der Waals surface area contributed by atoms with E-state index in [1.54, 1.807) is 0 Å². The summed E-state index contributed by atoms with van der Waals surface area (Å²) in [6.45, 7) is 3.92. The molecule has 25 heavy (non-hydrogen) atoms. The Bertz CT molecular complexity index is 785. The highest BCUT2D eigenvalue weighted by atomic mass is 16.3. The summed E-state index contributed by atoms with van der Waals surface area (Å²) in [5.41, 5.74) is 0.367. The van der Waals surface area contributed by atoms with E-state index in [1.165, 1.54) is 0 Å². The van der Waals surface area contributed by atoms with Crippen LogP contribution in [-0.2, 0) is 11.3 Å². The van der Waals surface area contributed by atoms with Crippen molar-refractivity contribution in [2.24, 2.45) is 5.41 Å². The Hall–Kier alpha value is -1.85. The van der Waals surface area contributed by atoms with Crippen LogP contribution in [0.5, 0.6) is 0 Å². The standard InChI is InChI=1S/C20H26N2O3/c1-14-16(15-5-2-3-6-17(15)25-14)13-22-18(23)19(7-4-8-19)20(24)9-11-21-12-10-20/h2-3,5-6,21,24H,4,7-13H2,1H3,(H,22,23). The highest BCUT2D eigenvalue weighted by Crippen LogP contribution is 2.53. The van der Waals surface area contributed by atoms with Crippen molar-refractivity contribution < 1.29 is 14.3 Å². The Morgan fingerprint density at radius 2 is 1.96 bits per heavy atom. The number of aliphatic hydroxyl groups is 1. The smallest absolute Gasteiger partial charge is 0.229 e. The molecule has 2 aliphatic rings. The topological polar surface area (TPSA) is 74.5 Å². The molecule has 3 N–H and O–H groups in total. The largest absolute Gasteiger partial charge is 0.461 e. The number of amides is 1. The van der Waals surface area contributed by atoms with E-state index >= 15 is 0 Å². The van der Waals surface area contributed by atoms with Crippen LogP contribution in [0.2, 0.25) is 0 Å². The molecule has 0 spiro atoms. The summed E-state index contributed by atoms with van der Waals surface area (Å²) in [7, 11) is 0. The first-order chi connectivity index (χ1) is 12.1. The third-order valence-electron chi connectivity index (χ3n) is 6.29. The molecule has 2 fully saturated rings. The molecule has 1 aliphatic heterocycles. The quantitative estimate of drug-likeness (QED) is 0.798. The number of para-hydroxylation sites is 1. The number of fused-ring (bicyclic) bond motifs is 1. The second-order valence-electron chi connectivity index (χ2n) is 7.53. The number of aryl methyl sites for hydroxylation is 1. The van der Waals surface area contributed by atoms with Crippen LogP contribution in [0.4, 0.5) is 0 Å². The Balaban J connectivity index is 1.54. The summed E-state index contributed by atoms with van der Waals surface area (Å²) in [4.78, 5) is 13.1. The first-order valence-electron chi connectivity index (χ1n) is 9.24. The Morgan fingerprint density at radius 1 is 1.24 bits per heavy atom. The molecule has 5 heteroatoms. The minimum atomic E-state index is -0.881. The van der Waals surface area contributed by atoms with Gasteiger partial charge in [0.2, 0.25) is 5.91 Å². The predicted molar refractivity (Wildman–Crippen MR) is 96.1 cm³/mol. The molecule has 2 heterocycles. The number of furan rings is 1. The van der Waals surface area contributed by atoms with Gasteiger partial charge in [-0.25, -0.2) is 0 Å². The van der Waals surface area contributed by atoms with Gasteiger partial charge in [-0.15, -0.1) is 0 Å². The number of carbonyl (C=O) groups excluding carboxylic acids is 1. The maximum absolute atomic E-state index is 13.1. The molecule has 2 aromatic rings. The highest BCUT2D eigenvalue weighted by molar-refractivity contribution is 5.86. The van der Waals surface area contributed by atoms with Gasteiger partial charge in [0.05, 0.1) is 11.0 Å².